The van der Waals surface area contributed by atoms with Crippen molar-refractivity contribution in [1.82, 2.24) is 4.98 Å². The van der Waals surface area contributed by atoms with Gasteiger partial charge in [-0.25, -0.2) is 4.98 Å². The van der Waals surface area contributed by atoms with Crippen molar-refractivity contribution in [2.75, 3.05) is 11.9 Å². The van der Waals surface area contributed by atoms with Gasteiger partial charge in [0.15, 0.2) is 0 Å². The van der Waals surface area contributed by atoms with Crippen molar-refractivity contribution in [2.24, 2.45) is 0 Å². The number of anilines is 1. The third-order valence-electron chi connectivity index (χ3n) is 3.29. The van der Waals surface area contributed by atoms with E-state index in [1.54, 1.807) is 6.92 Å². The molecule has 0 fully saturated rings. The number of hydrogen-bond donors (Lipinski definition) is 1. The summed E-state index contributed by atoms with van der Waals surface area (Å²) in [6, 6.07) is 3.72. The zero-order valence-electron chi connectivity index (χ0n) is 11.9. The predicted molar refractivity (Wildman–Crippen MR) is 75.1 cm³/mol. The van der Waals surface area contributed by atoms with E-state index in [-0.39, 0.29) is 5.56 Å². The van der Waals surface area contributed by atoms with E-state index in [9.17, 15) is 13.2 Å². The number of fused-ring (bicyclic) bond motifs is 1. The smallest absolute Gasteiger partial charge is 0.385 e. The topological polar surface area (TPSA) is 24.9 Å². The standard InChI is InChI=1S/C15H17F3N2/c1-5-19-13-10(4)14(15(16,17)18)20-12-9(3)6-8(2)7-11(12)13/h6-7H,5H2,1-4H3,(H,19,20). The summed E-state index contributed by atoms with van der Waals surface area (Å²) in [5.74, 6) is 0. The number of pyridine rings is 1. The highest BCUT2D eigenvalue weighted by Gasteiger charge is 2.36. The van der Waals surface area contributed by atoms with Crippen LogP contribution in [0.25, 0.3) is 10.9 Å². The van der Waals surface area contributed by atoms with Crippen LogP contribution in [0.5, 0.6) is 0 Å². The minimum absolute atomic E-state index is 0.150. The molecule has 2 rings (SSSR count). The molecule has 0 spiro atoms. The normalized spacial score (nSPS) is 11.9. The van der Waals surface area contributed by atoms with Crippen LogP contribution in [0, 0.1) is 20.8 Å². The van der Waals surface area contributed by atoms with Crippen LogP contribution in [0.4, 0.5) is 18.9 Å². The van der Waals surface area contributed by atoms with Crippen LogP contribution >= 0.6 is 0 Å². The van der Waals surface area contributed by atoms with Gasteiger partial charge in [-0.05, 0) is 39.3 Å². The summed E-state index contributed by atoms with van der Waals surface area (Å²) >= 11 is 0. The highest BCUT2D eigenvalue weighted by molar-refractivity contribution is 5.95. The number of rotatable bonds is 2. The maximum atomic E-state index is 13.1. The Labute approximate surface area is 116 Å². The van der Waals surface area contributed by atoms with Gasteiger partial charge < -0.3 is 5.32 Å². The lowest BCUT2D eigenvalue weighted by molar-refractivity contribution is -0.141. The van der Waals surface area contributed by atoms with Gasteiger partial charge in [0, 0.05) is 23.2 Å². The number of halogens is 3. The third kappa shape index (κ3) is 2.44. The van der Waals surface area contributed by atoms with E-state index in [1.807, 2.05) is 26.0 Å². The Bertz CT molecular complexity index is 660. The summed E-state index contributed by atoms with van der Waals surface area (Å²) in [7, 11) is 0. The summed E-state index contributed by atoms with van der Waals surface area (Å²) in [6.45, 7) is 7.60. The minimum Gasteiger partial charge on any atom is -0.385 e. The van der Waals surface area contributed by atoms with Crippen molar-refractivity contribution in [3.63, 3.8) is 0 Å². The van der Waals surface area contributed by atoms with E-state index in [2.05, 4.69) is 10.3 Å². The van der Waals surface area contributed by atoms with Gasteiger partial charge in [0.25, 0.3) is 0 Å². The summed E-state index contributed by atoms with van der Waals surface area (Å²) in [5.41, 5.74) is 2.03. The number of hydrogen-bond acceptors (Lipinski definition) is 2. The molecule has 0 saturated heterocycles. The molecule has 0 aliphatic carbocycles. The van der Waals surface area contributed by atoms with Crippen LogP contribution in [-0.2, 0) is 6.18 Å². The van der Waals surface area contributed by atoms with Crippen molar-refractivity contribution in [3.8, 4) is 0 Å². The van der Waals surface area contributed by atoms with Gasteiger partial charge in [-0.1, -0.05) is 11.6 Å². The molecule has 0 unspecified atom stereocenters. The number of nitrogens with one attached hydrogen (secondary N) is 1. The first-order chi connectivity index (χ1) is 9.25. The summed E-state index contributed by atoms with van der Waals surface area (Å²) in [6.07, 6.45) is -4.44. The van der Waals surface area contributed by atoms with Gasteiger partial charge in [-0.15, -0.1) is 0 Å². The molecule has 108 valence electrons. The predicted octanol–water partition coefficient (Wildman–Crippen LogP) is 4.61. The van der Waals surface area contributed by atoms with Gasteiger partial charge in [-0.3, -0.25) is 0 Å². The molecule has 0 aliphatic heterocycles. The molecule has 2 aromatic rings. The lowest BCUT2D eigenvalue weighted by atomic mass is 10.0. The zero-order chi connectivity index (χ0) is 15.1. The van der Waals surface area contributed by atoms with E-state index in [1.165, 1.54) is 6.92 Å². The first-order valence-electron chi connectivity index (χ1n) is 6.48. The van der Waals surface area contributed by atoms with E-state index in [4.69, 9.17) is 0 Å². The maximum absolute atomic E-state index is 13.1. The second-order valence-electron chi connectivity index (χ2n) is 4.97. The summed E-state index contributed by atoms with van der Waals surface area (Å²) in [4.78, 5) is 3.86. The largest absolute Gasteiger partial charge is 0.433 e. The number of nitrogens with zero attached hydrogens (tertiary/aromatic N) is 1. The second kappa shape index (κ2) is 4.96. The SMILES string of the molecule is CCNc1c(C)c(C(F)(F)F)nc2c(C)cc(C)cc12. The average molecular weight is 282 g/mol. The molecule has 0 radical (unpaired) electrons. The number of aryl methyl sites for hydroxylation is 2. The molecular weight excluding hydrogens is 265 g/mol. The first-order valence-corrected chi connectivity index (χ1v) is 6.48. The van der Waals surface area contributed by atoms with Gasteiger partial charge >= 0.3 is 6.18 Å². The number of alkyl halides is 3. The Hall–Kier alpha value is -1.78. The zero-order valence-corrected chi connectivity index (χ0v) is 11.9. The van der Waals surface area contributed by atoms with Crippen LogP contribution in [0.3, 0.4) is 0 Å². The Kier molecular flexibility index (Phi) is 3.63. The molecule has 1 heterocycles. The Morgan fingerprint density at radius 3 is 2.35 bits per heavy atom. The summed E-state index contributed by atoms with van der Waals surface area (Å²) in [5, 5.41) is 3.79. The second-order valence-corrected chi connectivity index (χ2v) is 4.97. The first kappa shape index (κ1) is 14.6. The molecule has 1 aromatic heterocycles. The Morgan fingerprint density at radius 1 is 1.15 bits per heavy atom. The van der Waals surface area contributed by atoms with Crippen molar-refractivity contribution in [2.45, 2.75) is 33.9 Å². The fourth-order valence-electron chi connectivity index (χ4n) is 2.50. The van der Waals surface area contributed by atoms with Crippen molar-refractivity contribution >= 4 is 16.6 Å². The molecule has 0 saturated carbocycles. The third-order valence-corrected chi connectivity index (χ3v) is 3.29. The highest BCUT2D eigenvalue weighted by Crippen LogP contribution is 2.38. The lowest BCUT2D eigenvalue weighted by Crippen LogP contribution is -2.14. The molecule has 1 N–H and O–H groups in total. The maximum Gasteiger partial charge on any atom is 0.433 e. The molecule has 0 atom stereocenters. The van der Waals surface area contributed by atoms with Gasteiger partial charge in [0.2, 0.25) is 0 Å². The molecule has 1 aromatic carbocycles. The van der Waals surface area contributed by atoms with E-state index in [0.29, 0.717) is 17.7 Å². The Morgan fingerprint density at radius 2 is 1.80 bits per heavy atom. The van der Waals surface area contributed by atoms with Crippen LogP contribution in [0.2, 0.25) is 0 Å². The molecule has 0 aliphatic rings. The van der Waals surface area contributed by atoms with Gasteiger partial charge in [0.1, 0.15) is 5.69 Å². The van der Waals surface area contributed by atoms with Crippen LogP contribution in [-0.4, -0.2) is 11.5 Å². The fourth-order valence-corrected chi connectivity index (χ4v) is 2.50. The van der Waals surface area contributed by atoms with E-state index >= 15 is 0 Å². The molecule has 20 heavy (non-hydrogen) atoms. The van der Waals surface area contributed by atoms with Gasteiger partial charge in [0.05, 0.1) is 5.52 Å². The molecule has 5 heteroatoms. The van der Waals surface area contributed by atoms with Crippen molar-refractivity contribution < 1.29 is 13.2 Å². The summed E-state index contributed by atoms with van der Waals surface area (Å²) < 4.78 is 39.4. The van der Waals surface area contributed by atoms with E-state index < -0.39 is 11.9 Å². The monoisotopic (exact) mass is 282 g/mol. The lowest BCUT2D eigenvalue weighted by Gasteiger charge is -2.18. The van der Waals surface area contributed by atoms with Crippen molar-refractivity contribution in [1.29, 1.82) is 0 Å². The highest BCUT2D eigenvalue weighted by atomic mass is 19.4. The molecule has 0 amide bonds. The van der Waals surface area contributed by atoms with E-state index in [0.717, 1.165) is 16.5 Å². The average Bonchev–Trinajstić information content (AvgIpc) is 2.31. The number of benzene rings is 1. The minimum atomic E-state index is -4.44. The Balaban J connectivity index is 2.91. The number of aromatic nitrogens is 1. The quantitative estimate of drug-likeness (QED) is 0.870. The van der Waals surface area contributed by atoms with Crippen LogP contribution in [0.1, 0.15) is 29.3 Å². The molecular formula is C15H17F3N2. The molecule has 2 nitrogen and oxygen atoms in total. The van der Waals surface area contributed by atoms with Gasteiger partial charge in [-0.2, -0.15) is 13.2 Å². The molecule has 0 bridgehead atoms. The van der Waals surface area contributed by atoms with Crippen LogP contribution < -0.4 is 5.32 Å². The van der Waals surface area contributed by atoms with Crippen LogP contribution in [0.15, 0.2) is 12.1 Å². The van der Waals surface area contributed by atoms with Crippen molar-refractivity contribution in [3.05, 3.63) is 34.5 Å². The fraction of sp³-hybridized carbons (Fsp3) is 0.400.